The van der Waals surface area contributed by atoms with Crippen LogP contribution in [0.2, 0.25) is 0 Å². The number of urea groups is 1. The predicted octanol–water partition coefficient (Wildman–Crippen LogP) is 3.58. The molecule has 2 amide bonds. The van der Waals surface area contributed by atoms with Gasteiger partial charge >= 0.3 is 6.03 Å². The van der Waals surface area contributed by atoms with Gasteiger partial charge in [-0.05, 0) is 67.1 Å². The zero-order chi connectivity index (χ0) is 19.1. The van der Waals surface area contributed by atoms with E-state index < -0.39 is 0 Å². The molecule has 0 aromatic heterocycles. The lowest BCUT2D eigenvalue weighted by Gasteiger charge is -2.46. The van der Waals surface area contributed by atoms with Crippen molar-refractivity contribution < 1.29 is 9.18 Å². The van der Waals surface area contributed by atoms with Crippen molar-refractivity contribution in [2.24, 2.45) is 5.92 Å². The summed E-state index contributed by atoms with van der Waals surface area (Å²) in [6, 6.07) is 14.8. The third-order valence-electron chi connectivity index (χ3n) is 6.67. The maximum atomic E-state index is 14.0. The summed E-state index contributed by atoms with van der Waals surface area (Å²) in [5.41, 5.74) is 3.17. The quantitative estimate of drug-likeness (QED) is 0.866. The molecular formula is C23H26FN3O. The molecule has 0 saturated carbocycles. The van der Waals surface area contributed by atoms with Gasteiger partial charge in [-0.1, -0.05) is 36.4 Å². The van der Waals surface area contributed by atoms with Crippen LogP contribution >= 0.6 is 0 Å². The highest BCUT2D eigenvalue weighted by molar-refractivity contribution is 5.76. The number of hydrogen-bond donors (Lipinski definition) is 1. The minimum Gasteiger partial charge on any atom is -0.334 e. The largest absolute Gasteiger partial charge is 0.334 e. The average molecular weight is 379 g/mol. The zero-order valence-corrected chi connectivity index (χ0v) is 16.0. The molecule has 0 spiro atoms. The molecule has 6 rings (SSSR count). The van der Waals surface area contributed by atoms with Crippen LogP contribution in [0.4, 0.5) is 9.18 Å². The van der Waals surface area contributed by atoms with Gasteiger partial charge in [0, 0.05) is 19.1 Å². The van der Waals surface area contributed by atoms with Crippen LogP contribution in [0.15, 0.2) is 48.5 Å². The summed E-state index contributed by atoms with van der Waals surface area (Å²) in [5.74, 6) is 0.317. The van der Waals surface area contributed by atoms with Crippen LogP contribution in [0.25, 0.3) is 0 Å². The molecule has 0 unspecified atom stereocenters. The topological polar surface area (TPSA) is 35.6 Å². The summed E-state index contributed by atoms with van der Waals surface area (Å²) >= 11 is 0. The van der Waals surface area contributed by atoms with E-state index in [0.29, 0.717) is 12.5 Å². The van der Waals surface area contributed by atoms with Crippen molar-refractivity contribution >= 4 is 6.03 Å². The summed E-state index contributed by atoms with van der Waals surface area (Å²) < 4.78 is 14.0. The molecule has 28 heavy (non-hydrogen) atoms. The van der Waals surface area contributed by atoms with Crippen molar-refractivity contribution in [3.05, 3.63) is 71.0 Å². The number of carbonyl (C=O) groups is 1. The first kappa shape index (κ1) is 17.7. The lowest BCUT2D eigenvalue weighted by atomic mass is 9.84. The lowest BCUT2D eigenvalue weighted by Crippen LogP contribution is -2.59. The maximum Gasteiger partial charge on any atom is 0.318 e. The Morgan fingerprint density at radius 3 is 2.61 bits per heavy atom. The monoisotopic (exact) mass is 379 g/mol. The molecule has 0 aliphatic carbocycles. The Bertz CT molecular complexity index is 878. The zero-order valence-electron chi connectivity index (χ0n) is 16.0. The van der Waals surface area contributed by atoms with Gasteiger partial charge in [0.05, 0.1) is 6.04 Å². The number of fused-ring (bicyclic) bond motifs is 4. The van der Waals surface area contributed by atoms with E-state index in [0.717, 1.165) is 37.2 Å². The maximum absolute atomic E-state index is 14.0. The highest BCUT2D eigenvalue weighted by Crippen LogP contribution is 2.36. The Hall–Kier alpha value is -2.40. The molecule has 2 aromatic carbocycles. The Morgan fingerprint density at radius 2 is 1.86 bits per heavy atom. The van der Waals surface area contributed by atoms with Crippen LogP contribution in [0.3, 0.4) is 0 Å². The van der Waals surface area contributed by atoms with E-state index in [9.17, 15) is 9.18 Å². The molecule has 2 bridgehead atoms. The second-order valence-electron chi connectivity index (χ2n) is 8.29. The molecule has 4 aliphatic rings. The molecule has 4 aliphatic heterocycles. The normalized spacial score (nSPS) is 28.7. The van der Waals surface area contributed by atoms with E-state index in [1.807, 2.05) is 23.1 Å². The van der Waals surface area contributed by atoms with Crippen LogP contribution in [0, 0.1) is 11.7 Å². The van der Waals surface area contributed by atoms with E-state index in [4.69, 9.17) is 0 Å². The lowest BCUT2D eigenvalue weighted by molar-refractivity contribution is 0.0715. The molecule has 4 nitrogen and oxygen atoms in total. The number of nitrogens with zero attached hydrogens (tertiary/aromatic N) is 2. The average Bonchev–Trinajstić information content (AvgIpc) is 2.73. The van der Waals surface area contributed by atoms with Crippen LogP contribution < -0.4 is 5.32 Å². The Kier molecular flexibility index (Phi) is 4.55. The number of nitrogens with one attached hydrogen (secondary N) is 1. The minimum atomic E-state index is -0.265. The van der Waals surface area contributed by atoms with Crippen molar-refractivity contribution in [2.75, 3.05) is 26.2 Å². The fourth-order valence-electron chi connectivity index (χ4n) is 5.19. The summed E-state index contributed by atoms with van der Waals surface area (Å²) in [6.07, 6.45) is 3.16. The smallest absolute Gasteiger partial charge is 0.318 e. The summed E-state index contributed by atoms with van der Waals surface area (Å²) in [5, 5.41) is 3.32. The molecule has 3 fully saturated rings. The molecule has 4 heterocycles. The van der Waals surface area contributed by atoms with Gasteiger partial charge in [-0.2, -0.15) is 0 Å². The number of rotatable bonds is 2. The summed E-state index contributed by atoms with van der Waals surface area (Å²) in [4.78, 5) is 17.7. The van der Waals surface area contributed by atoms with Gasteiger partial charge in [-0.25, -0.2) is 9.18 Å². The Morgan fingerprint density at radius 1 is 1.04 bits per heavy atom. The van der Waals surface area contributed by atoms with Crippen LogP contribution in [-0.2, 0) is 6.42 Å². The van der Waals surface area contributed by atoms with Gasteiger partial charge in [-0.15, -0.1) is 0 Å². The van der Waals surface area contributed by atoms with E-state index in [-0.39, 0.29) is 23.9 Å². The molecule has 0 radical (unpaired) electrons. The van der Waals surface area contributed by atoms with Gasteiger partial charge in [0.1, 0.15) is 5.82 Å². The van der Waals surface area contributed by atoms with E-state index in [1.165, 1.54) is 24.5 Å². The summed E-state index contributed by atoms with van der Waals surface area (Å²) in [7, 11) is 0. The first-order chi connectivity index (χ1) is 13.7. The van der Waals surface area contributed by atoms with Gasteiger partial charge in [-0.3, -0.25) is 0 Å². The highest BCUT2D eigenvalue weighted by Gasteiger charge is 2.38. The molecule has 3 saturated heterocycles. The second-order valence-corrected chi connectivity index (χ2v) is 8.29. The predicted molar refractivity (Wildman–Crippen MR) is 107 cm³/mol. The number of hydrogen-bond acceptors (Lipinski definition) is 2. The highest BCUT2D eigenvalue weighted by atomic mass is 19.1. The number of halogens is 1. The molecular weight excluding hydrogens is 353 g/mol. The first-order valence-corrected chi connectivity index (χ1v) is 10.3. The second kappa shape index (κ2) is 7.21. The fourth-order valence-corrected chi connectivity index (χ4v) is 5.19. The molecule has 146 valence electrons. The molecule has 2 atom stereocenters. The van der Waals surface area contributed by atoms with Crippen molar-refractivity contribution in [1.82, 2.24) is 15.1 Å². The van der Waals surface area contributed by atoms with E-state index in [1.54, 1.807) is 12.1 Å². The number of amides is 2. The van der Waals surface area contributed by atoms with Gasteiger partial charge < -0.3 is 15.1 Å². The number of benzene rings is 2. The standard InChI is InChI=1S/C23H26FN3O/c24-19-6-3-5-18(14-19)22-20-7-2-1-4-16(20)10-13-27(22)23(28)25-21-15-26-11-8-17(21)9-12-26/h1-7,14,17,21-22H,8-13,15H2,(H,25,28)/t21-,22+/m1/s1. The van der Waals surface area contributed by atoms with Crippen molar-refractivity contribution in [1.29, 1.82) is 0 Å². The third-order valence-corrected chi connectivity index (χ3v) is 6.67. The number of carbonyl (C=O) groups excluding carboxylic acids is 1. The van der Waals surface area contributed by atoms with Crippen LogP contribution in [0.5, 0.6) is 0 Å². The van der Waals surface area contributed by atoms with Gasteiger partial charge in [0.15, 0.2) is 0 Å². The van der Waals surface area contributed by atoms with E-state index in [2.05, 4.69) is 22.3 Å². The molecule has 2 aromatic rings. The molecule has 5 heteroatoms. The van der Waals surface area contributed by atoms with Crippen LogP contribution in [0.1, 0.15) is 35.6 Å². The fraction of sp³-hybridized carbons (Fsp3) is 0.435. The van der Waals surface area contributed by atoms with E-state index >= 15 is 0 Å². The first-order valence-electron chi connectivity index (χ1n) is 10.3. The Balaban J connectivity index is 1.44. The van der Waals surface area contributed by atoms with Crippen LogP contribution in [-0.4, -0.2) is 48.1 Å². The molecule has 1 N–H and O–H groups in total. The van der Waals surface area contributed by atoms with Crippen molar-refractivity contribution in [2.45, 2.75) is 31.3 Å². The third kappa shape index (κ3) is 3.18. The summed E-state index contributed by atoms with van der Waals surface area (Å²) in [6.45, 7) is 3.90. The van der Waals surface area contributed by atoms with Gasteiger partial charge in [0.2, 0.25) is 0 Å². The minimum absolute atomic E-state index is 0.0254. The Labute approximate surface area is 165 Å². The van der Waals surface area contributed by atoms with Gasteiger partial charge in [0.25, 0.3) is 0 Å². The van der Waals surface area contributed by atoms with Crippen molar-refractivity contribution in [3.8, 4) is 0 Å². The number of piperidine rings is 3. The van der Waals surface area contributed by atoms with Crippen molar-refractivity contribution in [3.63, 3.8) is 0 Å². The SMILES string of the molecule is O=C(N[C@@H]1CN2CCC1CC2)N1CCc2ccccc2[C@@H]1c1cccc(F)c1.